The zero-order chi connectivity index (χ0) is 20.1. The maximum absolute atomic E-state index is 12.6. The average molecular weight is 412 g/mol. The predicted octanol–water partition coefficient (Wildman–Crippen LogP) is -0.0990. The number of nitro benzene ring substituents is 1. The highest BCUT2D eigenvalue weighted by Gasteiger charge is 2.29. The van der Waals surface area contributed by atoms with Gasteiger partial charge in [-0.3, -0.25) is 19.8 Å². The summed E-state index contributed by atoms with van der Waals surface area (Å²) in [5.74, 6) is -0.207. The Balaban J connectivity index is 1.51. The first-order valence-corrected chi connectivity index (χ1v) is 10.7. The van der Waals surface area contributed by atoms with Crippen LogP contribution in [-0.4, -0.2) is 92.4 Å². The first-order chi connectivity index (χ1) is 13.3. The standard InChI is InChI=1S/C17H24N4O6S/c22-17(13-18-9-11-27-12-10-18)19-5-7-20(8-6-19)28(25,26)14-15-1-3-16(4-2-15)21(23)24/h1-4H,5-14H2. The van der Waals surface area contributed by atoms with E-state index in [2.05, 4.69) is 0 Å². The van der Waals surface area contributed by atoms with Gasteiger partial charge in [0.05, 0.1) is 30.4 Å². The number of nitrogens with zero attached hydrogens (tertiary/aromatic N) is 4. The number of nitro groups is 1. The Morgan fingerprint density at radius 2 is 1.64 bits per heavy atom. The number of sulfonamides is 1. The molecule has 0 atom stereocenters. The van der Waals surface area contributed by atoms with Crippen molar-refractivity contribution in [3.63, 3.8) is 0 Å². The molecular formula is C17H24N4O6S. The summed E-state index contributed by atoms with van der Waals surface area (Å²) in [5, 5.41) is 10.7. The van der Waals surface area contributed by atoms with Crippen LogP contribution in [0.15, 0.2) is 24.3 Å². The van der Waals surface area contributed by atoms with Gasteiger partial charge in [0.1, 0.15) is 0 Å². The molecule has 10 nitrogen and oxygen atoms in total. The molecule has 1 aromatic carbocycles. The van der Waals surface area contributed by atoms with Crippen molar-refractivity contribution in [3.05, 3.63) is 39.9 Å². The fourth-order valence-electron chi connectivity index (χ4n) is 3.28. The molecule has 0 bridgehead atoms. The molecule has 2 aliphatic heterocycles. The van der Waals surface area contributed by atoms with Crippen LogP contribution >= 0.6 is 0 Å². The van der Waals surface area contributed by atoms with Gasteiger partial charge in [0.25, 0.3) is 5.69 Å². The topological polar surface area (TPSA) is 113 Å². The second-order valence-electron chi connectivity index (χ2n) is 6.85. The molecule has 2 heterocycles. The van der Waals surface area contributed by atoms with Crippen LogP contribution in [0.5, 0.6) is 0 Å². The number of hydrogen-bond acceptors (Lipinski definition) is 7. The highest BCUT2D eigenvalue weighted by Crippen LogP contribution is 2.17. The number of piperazine rings is 1. The Labute approximate surface area is 163 Å². The SMILES string of the molecule is O=C(CN1CCOCC1)N1CCN(S(=O)(=O)Cc2ccc([N+](=O)[O-])cc2)CC1. The lowest BCUT2D eigenvalue weighted by atomic mass is 10.2. The number of carbonyl (C=O) groups is 1. The fourth-order valence-corrected chi connectivity index (χ4v) is 4.80. The van der Waals surface area contributed by atoms with Crippen LogP contribution in [0.25, 0.3) is 0 Å². The lowest BCUT2D eigenvalue weighted by Gasteiger charge is -2.35. The van der Waals surface area contributed by atoms with E-state index < -0.39 is 14.9 Å². The molecule has 0 aromatic heterocycles. The van der Waals surface area contributed by atoms with Crippen molar-refractivity contribution in [2.45, 2.75) is 5.75 Å². The van der Waals surface area contributed by atoms with Crippen molar-refractivity contribution in [3.8, 4) is 0 Å². The smallest absolute Gasteiger partial charge is 0.269 e. The number of ether oxygens (including phenoxy) is 1. The van der Waals surface area contributed by atoms with Gasteiger partial charge in [-0.1, -0.05) is 12.1 Å². The van der Waals surface area contributed by atoms with Gasteiger partial charge in [-0.05, 0) is 5.56 Å². The monoisotopic (exact) mass is 412 g/mol. The lowest BCUT2D eigenvalue weighted by molar-refractivity contribution is -0.384. The fraction of sp³-hybridized carbons (Fsp3) is 0.588. The Hall–Kier alpha value is -2.08. The van der Waals surface area contributed by atoms with E-state index in [1.165, 1.54) is 28.6 Å². The number of hydrogen-bond donors (Lipinski definition) is 0. The van der Waals surface area contributed by atoms with Crippen LogP contribution < -0.4 is 0 Å². The number of morpholine rings is 1. The summed E-state index contributed by atoms with van der Waals surface area (Å²) < 4.78 is 31.9. The van der Waals surface area contributed by atoms with E-state index in [1.54, 1.807) is 4.90 Å². The minimum absolute atomic E-state index is 0.00863. The molecule has 0 unspecified atom stereocenters. The number of benzene rings is 1. The van der Waals surface area contributed by atoms with Gasteiger partial charge in [0.2, 0.25) is 15.9 Å². The Bertz CT molecular complexity index is 799. The maximum atomic E-state index is 12.6. The molecule has 0 saturated carbocycles. The second-order valence-corrected chi connectivity index (χ2v) is 8.82. The van der Waals surface area contributed by atoms with Crippen LogP contribution in [0.1, 0.15) is 5.56 Å². The third-order valence-electron chi connectivity index (χ3n) is 4.94. The molecule has 154 valence electrons. The first kappa shape index (κ1) is 20.6. The summed E-state index contributed by atoms with van der Waals surface area (Å²) in [4.78, 5) is 26.3. The number of non-ortho nitro benzene ring substituents is 1. The highest BCUT2D eigenvalue weighted by atomic mass is 32.2. The molecule has 2 saturated heterocycles. The summed E-state index contributed by atoms with van der Waals surface area (Å²) in [5.41, 5.74) is 0.421. The molecule has 1 amide bonds. The molecule has 28 heavy (non-hydrogen) atoms. The number of rotatable bonds is 6. The van der Waals surface area contributed by atoms with Crippen LogP contribution in [0, 0.1) is 10.1 Å². The molecule has 0 spiro atoms. The van der Waals surface area contributed by atoms with Crippen LogP contribution in [-0.2, 0) is 25.3 Å². The number of amides is 1. The maximum Gasteiger partial charge on any atom is 0.269 e. The van der Waals surface area contributed by atoms with Crippen molar-refractivity contribution in [1.82, 2.24) is 14.1 Å². The van der Waals surface area contributed by atoms with Crippen molar-refractivity contribution in [2.75, 3.05) is 59.0 Å². The molecule has 2 fully saturated rings. The lowest BCUT2D eigenvalue weighted by Crippen LogP contribution is -2.53. The van der Waals surface area contributed by atoms with Crippen molar-refractivity contribution >= 4 is 21.6 Å². The minimum atomic E-state index is -3.55. The molecule has 0 aliphatic carbocycles. The van der Waals surface area contributed by atoms with E-state index in [1.807, 2.05) is 4.90 Å². The molecular weight excluding hydrogens is 388 g/mol. The summed E-state index contributed by atoms with van der Waals surface area (Å²) in [6, 6.07) is 5.51. The zero-order valence-corrected chi connectivity index (χ0v) is 16.3. The first-order valence-electron chi connectivity index (χ1n) is 9.14. The minimum Gasteiger partial charge on any atom is -0.379 e. The van der Waals surface area contributed by atoms with Crippen LogP contribution in [0.3, 0.4) is 0 Å². The molecule has 0 radical (unpaired) electrons. The quantitative estimate of drug-likeness (QED) is 0.474. The van der Waals surface area contributed by atoms with E-state index in [4.69, 9.17) is 4.74 Å². The van der Waals surface area contributed by atoms with Crippen molar-refractivity contribution in [2.24, 2.45) is 0 Å². The van der Waals surface area contributed by atoms with Gasteiger partial charge in [-0.25, -0.2) is 8.42 Å². The average Bonchev–Trinajstić information content (AvgIpc) is 2.69. The summed E-state index contributed by atoms with van der Waals surface area (Å²) in [7, 11) is -3.55. The predicted molar refractivity (Wildman–Crippen MR) is 101 cm³/mol. The Morgan fingerprint density at radius 3 is 2.21 bits per heavy atom. The third-order valence-corrected chi connectivity index (χ3v) is 6.79. The summed E-state index contributed by atoms with van der Waals surface area (Å²) in [6.07, 6.45) is 0. The van der Waals surface area contributed by atoms with Crippen molar-refractivity contribution in [1.29, 1.82) is 0 Å². The van der Waals surface area contributed by atoms with Gasteiger partial charge < -0.3 is 9.64 Å². The van der Waals surface area contributed by atoms with Gasteiger partial charge in [0.15, 0.2) is 0 Å². The number of carbonyl (C=O) groups excluding carboxylic acids is 1. The second kappa shape index (κ2) is 8.95. The van der Waals surface area contributed by atoms with Gasteiger partial charge in [0, 0.05) is 51.4 Å². The molecule has 11 heteroatoms. The van der Waals surface area contributed by atoms with E-state index >= 15 is 0 Å². The van der Waals surface area contributed by atoms with Crippen LogP contribution in [0.2, 0.25) is 0 Å². The molecule has 0 N–H and O–H groups in total. The normalized spacial score (nSPS) is 19.5. The largest absolute Gasteiger partial charge is 0.379 e. The van der Waals surface area contributed by atoms with Crippen molar-refractivity contribution < 1.29 is 22.9 Å². The summed E-state index contributed by atoms with van der Waals surface area (Å²) in [6.45, 7) is 4.28. The summed E-state index contributed by atoms with van der Waals surface area (Å²) >= 11 is 0. The van der Waals surface area contributed by atoms with E-state index in [0.29, 0.717) is 38.4 Å². The van der Waals surface area contributed by atoms with E-state index in [9.17, 15) is 23.3 Å². The van der Waals surface area contributed by atoms with E-state index in [-0.39, 0.29) is 30.4 Å². The van der Waals surface area contributed by atoms with Gasteiger partial charge in [-0.2, -0.15) is 4.31 Å². The molecule has 2 aliphatic rings. The van der Waals surface area contributed by atoms with Gasteiger partial charge in [-0.15, -0.1) is 0 Å². The zero-order valence-electron chi connectivity index (χ0n) is 15.5. The molecule has 3 rings (SSSR count). The highest BCUT2D eigenvalue weighted by molar-refractivity contribution is 7.88. The van der Waals surface area contributed by atoms with E-state index in [0.717, 1.165) is 13.1 Å². The van der Waals surface area contributed by atoms with Gasteiger partial charge >= 0.3 is 0 Å². The third kappa shape index (κ3) is 5.25. The Kier molecular flexibility index (Phi) is 6.60. The van der Waals surface area contributed by atoms with Crippen LogP contribution in [0.4, 0.5) is 5.69 Å². The molecule has 1 aromatic rings. The Morgan fingerprint density at radius 1 is 1.04 bits per heavy atom.